The molecule has 9 heteroatoms. The van der Waals surface area contributed by atoms with Gasteiger partial charge in [-0.25, -0.2) is 9.59 Å². The van der Waals surface area contributed by atoms with Gasteiger partial charge in [0.25, 0.3) is 0 Å². The molecule has 1 aliphatic heterocycles. The van der Waals surface area contributed by atoms with Crippen LogP contribution in [0.15, 0.2) is 48.5 Å². The first kappa shape index (κ1) is 24.7. The second kappa shape index (κ2) is 10.9. The number of hydrogen-bond donors (Lipinski definition) is 3. The topological polar surface area (TPSA) is 123 Å². The summed E-state index contributed by atoms with van der Waals surface area (Å²) in [5, 5.41) is 14.7. The van der Waals surface area contributed by atoms with Crippen molar-refractivity contribution in [2.24, 2.45) is 0 Å². The van der Waals surface area contributed by atoms with E-state index in [2.05, 4.69) is 22.8 Å². The Hall–Kier alpha value is -3.43. The van der Waals surface area contributed by atoms with E-state index in [4.69, 9.17) is 14.2 Å². The monoisotopic (exact) mass is 482 g/mol. The standard InChI is InChI=1S/C26H30N2O7/c1-33-13-10-22(23(29)30)27-24(31)26(11-14-34-15-12-26)28-25(32)35-16-21-19-8-4-2-6-17(19)18-7-3-5-9-20(18)21/h2-9,21-22H,10-16H2,1H3,(H,27,31)(H,28,32)(H,29,30). The van der Waals surface area contributed by atoms with Crippen LogP contribution in [0.25, 0.3) is 11.1 Å². The lowest BCUT2D eigenvalue weighted by molar-refractivity contribution is -0.144. The lowest BCUT2D eigenvalue weighted by Gasteiger charge is -2.36. The van der Waals surface area contributed by atoms with Crippen molar-refractivity contribution in [2.45, 2.75) is 36.8 Å². The molecular weight excluding hydrogens is 452 g/mol. The third kappa shape index (κ3) is 5.31. The smallest absolute Gasteiger partial charge is 0.408 e. The van der Waals surface area contributed by atoms with Gasteiger partial charge in [0.05, 0.1) is 0 Å². The summed E-state index contributed by atoms with van der Waals surface area (Å²) in [6, 6.07) is 14.9. The third-order valence-corrected chi connectivity index (χ3v) is 6.68. The number of carboxylic acid groups (broad SMARTS) is 1. The molecule has 2 aromatic rings. The predicted molar refractivity (Wildman–Crippen MR) is 127 cm³/mol. The van der Waals surface area contributed by atoms with Gasteiger partial charge in [-0.3, -0.25) is 4.79 Å². The number of ether oxygens (including phenoxy) is 3. The summed E-state index contributed by atoms with van der Waals surface area (Å²) in [5.41, 5.74) is 3.09. The Morgan fingerprint density at radius 3 is 2.23 bits per heavy atom. The highest BCUT2D eigenvalue weighted by Gasteiger charge is 2.43. The molecule has 1 unspecified atom stereocenters. The number of hydrogen-bond acceptors (Lipinski definition) is 6. The van der Waals surface area contributed by atoms with Crippen molar-refractivity contribution in [2.75, 3.05) is 33.5 Å². The minimum absolute atomic E-state index is 0.106. The molecule has 3 N–H and O–H groups in total. The van der Waals surface area contributed by atoms with Crippen molar-refractivity contribution in [3.63, 3.8) is 0 Å². The molecule has 0 bridgehead atoms. The van der Waals surface area contributed by atoms with Crippen LogP contribution in [0.2, 0.25) is 0 Å². The fourth-order valence-corrected chi connectivity index (χ4v) is 4.75. The highest BCUT2D eigenvalue weighted by molar-refractivity contribution is 5.93. The summed E-state index contributed by atoms with van der Waals surface area (Å²) in [4.78, 5) is 37.7. The minimum atomic E-state index is -1.32. The fraction of sp³-hybridized carbons (Fsp3) is 0.423. The average molecular weight is 483 g/mol. The van der Waals surface area contributed by atoms with E-state index in [1.54, 1.807) is 0 Å². The van der Waals surface area contributed by atoms with Crippen LogP contribution in [0.5, 0.6) is 0 Å². The van der Waals surface area contributed by atoms with E-state index in [1.165, 1.54) is 7.11 Å². The third-order valence-electron chi connectivity index (χ3n) is 6.68. The Morgan fingerprint density at radius 2 is 1.66 bits per heavy atom. The molecule has 186 valence electrons. The zero-order chi connectivity index (χ0) is 24.8. The number of amides is 2. The molecule has 35 heavy (non-hydrogen) atoms. The Kier molecular flexibility index (Phi) is 7.67. The number of benzene rings is 2. The summed E-state index contributed by atoms with van der Waals surface area (Å²) < 4.78 is 16.0. The van der Waals surface area contributed by atoms with E-state index >= 15 is 0 Å². The van der Waals surface area contributed by atoms with E-state index in [0.29, 0.717) is 0 Å². The first-order valence-electron chi connectivity index (χ1n) is 11.7. The molecule has 2 aromatic carbocycles. The van der Waals surface area contributed by atoms with Crippen molar-refractivity contribution in [1.82, 2.24) is 10.6 Å². The quantitative estimate of drug-likeness (QED) is 0.502. The van der Waals surface area contributed by atoms with E-state index in [9.17, 15) is 19.5 Å². The number of alkyl carbamates (subject to hydrolysis) is 1. The van der Waals surface area contributed by atoms with Crippen LogP contribution in [0, 0.1) is 0 Å². The van der Waals surface area contributed by atoms with Gasteiger partial charge in [0.1, 0.15) is 18.2 Å². The molecule has 2 amide bonds. The van der Waals surface area contributed by atoms with E-state index < -0.39 is 29.6 Å². The summed E-state index contributed by atoms with van der Waals surface area (Å²) in [6.45, 7) is 0.798. The maximum atomic E-state index is 13.2. The van der Waals surface area contributed by atoms with Crippen LogP contribution in [-0.2, 0) is 23.8 Å². The molecule has 0 aromatic heterocycles. The highest BCUT2D eigenvalue weighted by Crippen LogP contribution is 2.44. The summed E-state index contributed by atoms with van der Waals surface area (Å²) in [7, 11) is 1.46. The molecule has 4 rings (SSSR count). The van der Waals surface area contributed by atoms with Gasteiger partial charge in [-0.2, -0.15) is 0 Å². The van der Waals surface area contributed by atoms with Gasteiger partial charge in [-0.05, 0) is 22.3 Å². The highest BCUT2D eigenvalue weighted by atomic mass is 16.5. The number of aliphatic carboxylic acids is 1. The van der Waals surface area contributed by atoms with Crippen molar-refractivity contribution < 1.29 is 33.7 Å². The summed E-state index contributed by atoms with van der Waals surface area (Å²) in [5.74, 6) is -1.85. The van der Waals surface area contributed by atoms with Gasteiger partial charge in [0.15, 0.2) is 0 Å². The van der Waals surface area contributed by atoms with Gasteiger partial charge in [0.2, 0.25) is 5.91 Å². The zero-order valence-electron chi connectivity index (χ0n) is 19.6. The van der Waals surface area contributed by atoms with Crippen molar-refractivity contribution in [3.8, 4) is 11.1 Å². The van der Waals surface area contributed by atoms with Gasteiger partial charge in [-0.15, -0.1) is 0 Å². The zero-order valence-corrected chi connectivity index (χ0v) is 19.6. The summed E-state index contributed by atoms with van der Waals surface area (Å²) >= 11 is 0. The first-order valence-corrected chi connectivity index (χ1v) is 11.7. The normalized spacial score (nSPS) is 17.1. The Labute approximate surface area is 203 Å². The number of fused-ring (bicyclic) bond motifs is 3. The Morgan fingerprint density at radius 1 is 1.06 bits per heavy atom. The molecule has 9 nitrogen and oxygen atoms in total. The van der Waals surface area contributed by atoms with Crippen molar-refractivity contribution in [3.05, 3.63) is 59.7 Å². The second-order valence-electron chi connectivity index (χ2n) is 8.79. The number of nitrogens with one attached hydrogen (secondary N) is 2. The van der Waals surface area contributed by atoms with Crippen molar-refractivity contribution >= 4 is 18.0 Å². The molecule has 1 atom stereocenters. The van der Waals surface area contributed by atoms with E-state index in [0.717, 1.165) is 22.3 Å². The minimum Gasteiger partial charge on any atom is -0.480 e. The molecular formula is C26H30N2O7. The SMILES string of the molecule is COCCC(NC(=O)C1(NC(=O)OCC2c3ccccc3-c3ccccc32)CCOCC1)C(=O)O. The Bertz CT molecular complexity index is 1040. The van der Waals surface area contributed by atoms with Crippen LogP contribution in [0.3, 0.4) is 0 Å². The van der Waals surface area contributed by atoms with Crippen molar-refractivity contribution in [1.29, 1.82) is 0 Å². The Balaban J connectivity index is 1.45. The van der Waals surface area contributed by atoms with Crippen LogP contribution in [-0.4, -0.2) is 68.2 Å². The number of carbonyl (C=O) groups is 3. The van der Waals surface area contributed by atoms with Crippen LogP contribution < -0.4 is 10.6 Å². The average Bonchev–Trinajstić information content (AvgIpc) is 3.19. The number of carboxylic acids is 1. The number of carbonyl (C=O) groups excluding carboxylic acids is 2. The van der Waals surface area contributed by atoms with Gasteiger partial charge < -0.3 is 30.0 Å². The van der Waals surface area contributed by atoms with Crippen LogP contribution in [0.1, 0.15) is 36.3 Å². The molecule has 2 aliphatic rings. The maximum Gasteiger partial charge on any atom is 0.408 e. The first-order chi connectivity index (χ1) is 16.9. The van der Waals surface area contributed by atoms with Gasteiger partial charge in [0, 0.05) is 52.1 Å². The lowest BCUT2D eigenvalue weighted by atomic mass is 9.88. The molecule has 1 saturated heterocycles. The number of rotatable bonds is 9. The largest absolute Gasteiger partial charge is 0.480 e. The molecule has 1 heterocycles. The molecule has 0 spiro atoms. The second-order valence-corrected chi connectivity index (χ2v) is 8.79. The van der Waals surface area contributed by atoms with Gasteiger partial charge in [-0.1, -0.05) is 48.5 Å². The van der Waals surface area contributed by atoms with E-state index in [1.807, 2.05) is 36.4 Å². The molecule has 0 radical (unpaired) electrons. The maximum absolute atomic E-state index is 13.2. The lowest BCUT2D eigenvalue weighted by Crippen LogP contribution is -2.63. The van der Waals surface area contributed by atoms with Crippen LogP contribution >= 0.6 is 0 Å². The molecule has 0 saturated carbocycles. The summed E-state index contributed by atoms with van der Waals surface area (Å²) in [6.07, 6.45) is -0.207. The molecule has 1 fully saturated rings. The van der Waals surface area contributed by atoms with Gasteiger partial charge >= 0.3 is 12.1 Å². The fourth-order valence-electron chi connectivity index (χ4n) is 4.75. The predicted octanol–water partition coefficient (Wildman–Crippen LogP) is 2.68. The van der Waals surface area contributed by atoms with E-state index in [-0.39, 0.29) is 51.6 Å². The number of methoxy groups -OCH3 is 1. The van der Waals surface area contributed by atoms with Crippen LogP contribution in [0.4, 0.5) is 4.79 Å². The molecule has 1 aliphatic carbocycles.